The maximum atomic E-state index is 12.3. The van der Waals surface area contributed by atoms with Gasteiger partial charge in [-0.15, -0.1) is 0 Å². The van der Waals surface area contributed by atoms with Crippen molar-refractivity contribution in [3.63, 3.8) is 0 Å². The van der Waals surface area contributed by atoms with Crippen LogP contribution in [-0.2, 0) is 4.79 Å². The Balaban J connectivity index is 1.78. The number of carbonyl (C=O) groups is 1. The molecule has 6 heteroatoms. The summed E-state index contributed by atoms with van der Waals surface area (Å²) >= 11 is 5.79. The molecule has 0 fully saturated rings. The summed E-state index contributed by atoms with van der Waals surface area (Å²) in [6.07, 6.45) is 2.83. The molecule has 0 saturated heterocycles. The minimum absolute atomic E-state index is 0.0541. The van der Waals surface area contributed by atoms with Crippen molar-refractivity contribution in [2.24, 2.45) is 0 Å². The molecule has 3 rings (SSSR count). The Hall–Kier alpha value is -3.44. The van der Waals surface area contributed by atoms with Crippen LogP contribution in [-0.4, -0.2) is 10.8 Å². The lowest BCUT2D eigenvalue weighted by molar-refractivity contribution is -0.384. The number of halogens is 1. The normalized spacial score (nSPS) is 10.7. The van der Waals surface area contributed by atoms with Crippen LogP contribution in [0.2, 0.25) is 5.02 Å². The SMILES string of the molecule is O=C(/C=C/c1ccc(Cl)c([N+](=O)[O-])c1)Nc1ccccc1-c1ccccc1. The number of para-hydroxylation sites is 1. The van der Waals surface area contributed by atoms with Gasteiger partial charge < -0.3 is 5.32 Å². The molecule has 27 heavy (non-hydrogen) atoms. The monoisotopic (exact) mass is 378 g/mol. The standard InChI is InChI=1S/C21H15ClN2O3/c22-18-12-10-15(14-20(18)24(26)27)11-13-21(25)23-19-9-5-4-8-17(19)16-6-2-1-3-7-16/h1-14H,(H,23,25)/b13-11+. The van der Waals surface area contributed by atoms with Crippen molar-refractivity contribution in [3.8, 4) is 11.1 Å². The Labute approximate surface area is 161 Å². The molecule has 3 aromatic rings. The first kappa shape index (κ1) is 18.4. The summed E-state index contributed by atoms with van der Waals surface area (Å²) < 4.78 is 0. The predicted octanol–water partition coefficient (Wildman–Crippen LogP) is 5.57. The number of amides is 1. The molecule has 0 aromatic heterocycles. The smallest absolute Gasteiger partial charge is 0.288 e. The Morgan fingerprint density at radius 3 is 2.44 bits per heavy atom. The molecule has 0 aliphatic carbocycles. The minimum Gasteiger partial charge on any atom is -0.322 e. The van der Waals surface area contributed by atoms with Crippen LogP contribution < -0.4 is 5.32 Å². The third-order valence-corrected chi connectivity index (χ3v) is 4.18. The zero-order valence-electron chi connectivity index (χ0n) is 14.1. The zero-order valence-corrected chi connectivity index (χ0v) is 14.9. The fraction of sp³-hybridized carbons (Fsp3) is 0. The third-order valence-electron chi connectivity index (χ3n) is 3.86. The number of nitro groups is 1. The summed E-state index contributed by atoms with van der Waals surface area (Å²) in [4.78, 5) is 22.7. The number of hydrogen-bond donors (Lipinski definition) is 1. The number of nitrogens with zero attached hydrogens (tertiary/aromatic N) is 1. The molecule has 0 aliphatic heterocycles. The quantitative estimate of drug-likeness (QED) is 0.358. The molecule has 1 amide bonds. The zero-order chi connectivity index (χ0) is 19.2. The van der Waals surface area contributed by atoms with E-state index in [1.165, 1.54) is 24.3 Å². The highest BCUT2D eigenvalue weighted by Crippen LogP contribution is 2.28. The van der Waals surface area contributed by atoms with Crippen molar-refractivity contribution in [1.82, 2.24) is 0 Å². The van der Waals surface area contributed by atoms with Crippen molar-refractivity contribution < 1.29 is 9.72 Å². The van der Waals surface area contributed by atoms with Crippen LogP contribution in [0.25, 0.3) is 17.2 Å². The number of nitro benzene ring substituents is 1. The lowest BCUT2D eigenvalue weighted by atomic mass is 10.0. The van der Waals surface area contributed by atoms with Crippen molar-refractivity contribution in [2.45, 2.75) is 0 Å². The van der Waals surface area contributed by atoms with E-state index < -0.39 is 4.92 Å². The first-order valence-electron chi connectivity index (χ1n) is 8.12. The van der Waals surface area contributed by atoms with Crippen molar-refractivity contribution >= 4 is 35.0 Å². The van der Waals surface area contributed by atoms with E-state index in [1.54, 1.807) is 6.07 Å². The minimum atomic E-state index is -0.560. The van der Waals surface area contributed by atoms with E-state index in [-0.39, 0.29) is 16.6 Å². The molecule has 0 aliphatic rings. The van der Waals surface area contributed by atoms with E-state index in [0.29, 0.717) is 11.3 Å². The number of nitrogens with one attached hydrogen (secondary N) is 1. The molecule has 0 spiro atoms. The summed E-state index contributed by atoms with van der Waals surface area (Å²) in [5.74, 6) is -0.337. The maximum absolute atomic E-state index is 12.3. The summed E-state index contributed by atoms with van der Waals surface area (Å²) in [6.45, 7) is 0. The molecule has 3 aromatic carbocycles. The van der Waals surface area contributed by atoms with Crippen LogP contribution >= 0.6 is 11.6 Å². The lowest BCUT2D eigenvalue weighted by Gasteiger charge is -2.10. The van der Waals surface area contributed by atoms with Gasteiger partial charge in [-0.25, -0.2) is 0 Å². The van der Waals surface area contributed by atoms with E-state index in [2.05, 4.69) is 5.32 Å². The molecule has 0 saturated carbocycles. The number of carbonyl (C=O) groups excluding carboxylic acids is 1. The van der Waals surface area contributed by atoms with Crippen LogP contribution in [0.5, 0.6) is 0 Å². The first-order valence-corrected chi connectivity index (χ1v) is 8.50. The van der Waals surface area contributed by atoms with Gasteiger partial charge in [0.25, 0.3) is 5.69 Å². The Morgan fingerprint density at radius 2 is 1.70 bits per heavy atom. The Kier molecular flexibility index (Phi) is 5.64. The number of rotatable bonds is 5. The van der Waals surface area contributed by atoms with Gasteiger partial charge in [-0.3, -0.25) is 14.9 Å². The number of benzene rings is 3. The predicted molar refractivity (Wildman–Crippen MR) is 108 cm³/mol. The van der Waals surface area contributed by atoms with E-state index >= 15 is 0 Å². The summed E-state index contributed by atoms with van der Waals surface area (Å²) in [7, 11) is 0. The Morgan fingerprint density at radius 1 is 1.00 bits per heavy atom. The van der Waals surface area contributed by atoms with Crippen LogP contribution in [0, 0.1) is 10.1 Å². The van der Waals surface area contributed by atoms with Crippen LogP contribution in [0.4, 0.5) is 11.4 Å². The average Bonchev–Trinajstić information content (AvgIpc) is 2.68. The van der Waals surface area contributed by atoms with E-state index in [0.717, 1.165) is 11.1 Å². The second-order valence-corrected chi connectivity index (χ2v) is 6.11. The van der Waals surface area contributed by atoms with Gasteiger partial charge in [-0.05, 0) is 29.3 Å². The topological polar surface area (TPSA) is 72.2 Å². The molecule has 1 N–H and O–H groups in total. The van der Waals surface area contributed by atoms with Gasteiger partial charge in [0, 0.05) is 23.4 Å². The van der Waals surface area contributed by atoms with Gasteiger partial charge in [-0.1, -0.05) is 66.2 Å². The molecule has 134 valence electrons. The van der Waals surface area contributed by atoms with E-state index in [4.69, 9.17) is 11.6 Å². The van der Waals surface area contributed by atoms with E-state index in [1.807, 2.05) is 54.6 Å². The van der Waals surface area contributed by atoms with Crippen LogP contribution in [0.15, 0.2) is 78.9 Å². The molecule has 0 radical (unpaired) electrons. The van der Waals surface area contributed by atoms with Gasteiger partial charge in [0.1, 0.15) is 5.02 Å². The third kappa shape index (κ3) is 4.59. The van der Waals surface area contributed by atoms with Gasteiger partial charge in [0.2, 0.25) is 5.91 Å². The first-order chi connectivity index (χ1) is 13.0. The Bertz CT molecular complexity index is 1020. The van der Waals surface area contributed by atoms with Crippen molar-refractivity contribution in [3.05, 3.63) is 99.6 Å². The second-order valence-electron chi connectivity index (χ2n) is 5.70. The van der Waals surface area contributed by atoms with Gasteiger partial charge in [0.05, 0.1) is 4.92 Å². The van der Waals surface area contributed by atoms with Gasteiger partial charge in [0.15, 0.2) is 0 Å². The maximum Gasteiger partial charge on any atom is 0.288 e. The second kappa shape index (κ2) is 8.29. The molecule has 0 atom stereocenters. The van der Waals surface area contributed by atoms with Gasteiger partial charge >= 0.3 is 0 Å². The molecule has 0 unspecified atom stereocenters. The summed E-state index contributed by atoms with van der Waals surface area (Å²) in [6, 6.07) is 21.6. The molecular weight excluding hydrogens is 364 g/mol. The van der Waals surface area contributed by atoms with Crippen LogP contribution in [0.3, 0.4) is 0 Å². The van der Waals surface area contributed by atoms with Gasteiger partial charge in [-0.2, -0.15) is 0 Å². The summed E-state index contributed by atoms with van der Waals surface area (Å²) in [5, 5.41) is 13.8. The van der Waals surface area contributed by atoms with E-state index in [9.17, 15) is 14.9 Å². The highest BCUT2D eigenvalue weighted by Gasteiger charge is 2.12. The highest BCUT2D eigenvalue weighted by atomic mass is 35.5. The fourth-order valence-electron chi connectivity index (χ4n) is 2.58. The number of hydrogen-bond acceptors (Lipinski definition) is 3. The molecule has 0 heterocycles. The van der Waals surface area contributed by atoms with Crippen LogP contribution in [0.1, 0.15) is 5.56 Å². The molecule has 5 nitrogen and oxygen atoms in total. The lowest BCUT2D eigenvalue weighted by Crippen LogP contribution is -2.08. The van der Waals surface area contributed by atoms with Crippen molar-refractivity contribution in [1.29, 1.82) is 0 Å². The highest BCUT2D eigenvalue weighted by molar-refractivity contribution is 6.32. The average molecular weight is 379 g/mol. The summed E-state index contributed by atoms with van der Waals surface area (Å²) in [5.41, 5.74) is 2.89. The van der Waals surface area contributed by atoms with Crippen molar-refractivity contribution in [2.75, 3.05) is 5.32 Å². The molecule has 0 bridgehead atoms. The fourth-order valence-corrected chi connectivity index (χ4v) is 2.77. The largest absolute Gasteiger partial charge is 0.322 e. The number of anilines is 1. The molecular formula is C21H15ClN2O3.